The van der Waals surface area contributed by atoms with Gasteiger partial charge in [-0.3, -0.25) is 0 Å². The van der Waals surface area contributed by atoms with Gasteiger partial charge in [-0.2, -0.15) is 0 Å². The van der Waals surface area contributed by atoms with Crippen molar-refractivity contribution in [2.45, 2.75) is 26.2 Å². The summed E-state index contributed by atoms with van der Waals surface area (Å²) in [6.07, 6.45) is 9.53. The lowest BCUT2D eigenvalue weighted by Crippen LogP contribution is -2.26. The second kappa shape index (κ2) is 4.88. The number of hydrogen-bond acceptors (Lipinski definition) is 3. The second-order valence-electron chi connectivity index (χ2n) is 5.07. The molecule has 96 valence electrons. The second-order valence-corrected chi connectivity index (χ2v) is 5.88. The van der Waals surface area contributed by atoms with Gasteiger partial charge in [-0.1, -0.05) is 6.92 Å². The average Bonchev–Trinajstić information content (AvgIpc) is 2.70. The first-order valence-electron chi connectivity index (χ1n) is 6.48. The Labute approximate surface area is 115 Å². The van der Waals surface area contributed by atoms with E-state index in [1.807, 2.05) is 23.0 Å². The highest BCUT2D eigenvalue weighted by molar-refractivity contribution is 9.10. The van der Waals surface area contributed by atoms with Crippen molar-refractivity contribution < 1.29 is 0 Å². The van der Waals surface area contributed by atoms with E-state index in [9.17, 15) is 0 Å². The first-order chi connectivity index (χ1) is 8.74. The Morgan fingerprint density at radius 3 is 3.11 bits per heavy atom. The van der Waals surface area contributed by atoms with E-state index >= 15 is 0 Å². The molecule has 0 spiro atoms. The molecular formula is C13H17BrN4. The minimum Gasteiger partial charge on any atom is -0.353 e. The fourth-order valence-corrected chi connectivity index (χ4v) is 2.96. The maximum atomic E-state index is 4.62. The van der Waals surface area contributed by atoms with E-state index in [0.29, 0.717) is 0 Å². The summed E-state index contributed by atoms with van der Waals surface area (Å²) in [7, 11) is 0. The zero-order valence-electron chi connectivity index (χ0n) is 10.5. The van der Waals surface area contributed by atoms with Gasteiger partial charge < -0.3 is 9.30 Å². The lowest BCUT2D eigenvalue weighted by Gasteiger charge is -2.22. The van der Waals surface area contributed by atoms with Crippen molar-refractivity contribution in [1.82, 2.24) is 14.4 Å². The minimum absolute atomic E-state index is 0.818. The molecule has 0 saturated carbocycles. The van der Waals surface area contributed by atoms with Gasteiger partial charge in [0.1, 0.15) is 4.60 Å². The zero-order chi connectivity index (χ0) is 12.5. The highest BCUT2D eigenvalue weighted by Gasteiger charge is 2.18. The third-order valence-corrected chi connectivity index (χ3v) is 4.03. The maximum Gasteiger partial charge on any atom is 0.180 e. The number of imidazole rings is 1. The van der Waals surface area contributed by atoms with Crippen LogP contribution in [0.5, 0.6) is 0 Å². The number of nitrogens with zero attached hydrogens (tertiary/aromatic N) is 4. The van der Waals surface area contributed by atoms with Crippen LogP contribution in [0.4, 0.5) is 5.82 Å². The van der Waals surface area contributed by atoms with Gasteiger partial charge in [-0.25, -0.2) is 9.97 Å². The lowest BCUT2D eigenvalue weighted by atomic mass is 10.0. The first-order valence-corrected chi connectivity index (χ1v) is 7.27. The topological polar surface area (TPSA) is 33.4 Å². The Morgan fingerprint density at radius 1 is 1.33 bits per heavy atom. The smallest absolute Gasteiger partial charge is 0.180 e. The number of hydrogen-bond donors (Lipinski definition) is 0. The van der Waals surface area contributed by atoms with Gasteiger partial charge >= 0.3 is 0 Å². The largest absolute Gasteiger partial charge is 0.353 e. The first kappa shape index (κ1) is 12.0. The summed E-state index contributed by atoms with van der Waals surface area (Å²) in [6.45, 7) is 4.49. The molecule has 1 aliphatic rings. The Hall–Kier alpha value is -1.10. The minimum atomic E-state index is 0.818. The molecule has 4 nitrogen and oxygen atoms in total. The third kappa shape index (κ3) is 2.23. The molecule has 18 heavy (non-hydrogen) atoms. The van der Waals surface area contributed by atoms with Gasteiger partial charge in [0.05, 0.1) is 0 Å². The molecule has 1 saturated heterocycles. The van der Waals surface area contributed by atoms with Crippen molar-refractivity contribution in [3.8, 4) is 0 Å². The molecule has 1 atom stereocenters. The van der Waals surface area contributed by atoms with Crippen molar-refractivity contribution >= 4 is 27.4 Å². The van der Waals surface area contributed by atoms with E-state index in [4.69, 9.17) is 0 Å². The standard InChI is InChI=1S/C13H17BrN4/c1-10-3-2-6-17(7-4-10)13-12-15-5-8-18(12)9-11(14)16-13/h5,8-10H,2-4,6-7H2,1H3. The molecule has 1 fully saturated rings. The number of anilines is 1. The molecule has 0 N–H and O–H groups in total. The van der Waals surface area contributed by atoms with Gasteiger partial charge in [-0.05, 0) is 41.1 Å². The van der Waals surface area contributed by atoms with Gasteiger partial charge in [0, 0.05) is 31.7 Å². The number of aromatic nitrogens is 3. The van der Waals surface area contributed by atoms with Crippen molar-refractivity contribution in [2.24, 2.45) is 5.92 Å². The van der Waals surface area contributed by atoms with E-state index < -0.39 is 0 Å². The summed E-state index contributed by atoms with van der Waals surface area (Å²) in [5.74, 6) is 1.82. The van der Waals surface area contributed by atoms with Crippen LogP contribution >= 0.6 is 15.9 Å². The molecule has 0 amide bonds. The van der Waals surface area contributed by atoms with Crippen LogP contribution in [0, 0.1) is 5.92 Å². The van der Waals surface area contributed by atoms with Crippen molar-refractivity contribution in [1.29, 1.82) is 0 Å². The van der Waals surface area contributed by atoms with Crippen molar-refractivity contribution in [3.05, 3.63) is 23.2 Å². The van der Waals surface area contributed by atoms with Crippen LogP contribution in [0.15, 0.2) is 23.2 Å². The quantitative estimate of drug-likeness (QED) is 0.811. The lowest BCUT2D eigenvalue weighted by molar-refractivity contribution is 0.521. The van der Waals surface area contributed by atoms with Crippen molar-refractivity contribution in [2.75, 3.05) is 18.0 Å². The number of halogens is 1. The number of rotatable bonds is 1. The fraction of sp³-hybridized carbons (Fsp3) is 0.538. The molecule has 0 aliphatic carbocycles. The Kier molecular flexibility index (Phi) is 3.24. The van der Waals surface area contributed by atoms with Crippen LogP contribution in [-0.2, 0) is 0 Å². The summed E-state index contributed by atoms with van der Waals surface area (Å²) >= 11 is 3.48. The van der Waals surface area contributed by atoms with Gasteiger partial charge in [0.25, 0.3) is 0 Å². The van der Waals surface area contributed by atoms with Crippen LogP contribution in [-0.4, -0.2) is 27.5 Å². The molecular weight excluding hydrogens is 292 g/mol. The third-order valence-electron chi connectivity index (χ3n) is 3.64. The fourth-order valence-electron chi connectivity index (χ4n) is 2.57. The van der Waals surface area contributed by atoms with Crippen LogP contribution < -0.4 is 4.90 Å². The summed E-state index contributed by atoms with van der Waals surface area (Å²) in [4.78, 5) is 11.4. The zero-order valence-corrected chi connectivity index (χ0v) is 12.1. The van der Waals surface area contributed by atoms with E-state index in [0.717, 1.165) is 35.1 Å². The summed E-state index contributed by atoms with van der Waals surface area (Å²) in [5.41, 5.74) is 0.952. The monoisotopic (exact) mass is 308 g/mol. The number of fused-ring (bicyclic) bond motifs is 1. The maximum absolute atomic E-state index is 4.62. The predicted octanol–water partition coefficient (Wildman–Crippen LogP) is 3.12. The molecule has 0 aromatic carbocycles. The van der Waals surface area contributed by atoms with Crippen LogP contribution in [0.25, 0.3) is 5.65 Å². The van der Waals surface area contributed by atoms with E-state index in [1.54, 1.807) is 0 Å². The van der Waals surface area contributed by atoms with Gasteiger partial charge in [0.15, 0.2) is 11.5 Å². The Balaban J connectivity index is 1.99. The molecule has 1 aliphatic heterocycles. The Bertz CT molecular complexity index is 551. The van der Waals surface area contributed by atoms with Gasteiger partial charge in [0.2, 0.25) is 0 Å². The molecule has 1 unspecified atom stereocenters. The molecule has 0 bridgehead atoms. The molecule has 2 aromatic rings. The molecule has 2 aromatic heterocycles. The van der Waals surface area contributed by atoms with Crippen LogP contribution in [0.1, 0.15) is 26.2 Å². The summed E-state index contributed by atoms with van der Waals surface area (Å²) in [5, 5.41) is 0. The normalized spacial score (nSPS) is 21.2. The molecule has 3 heterocycles. The molecule has 0 radical (unpaired) electrons. The summed E-state index contributed by atoms with van der Waals surface area (Å²) in [6, 6.07) is 0. The molecule has 3 rings (SSSR count). The average molecular weight is 309 g/mol. The Morgan fingerprint density at radius 2 is 2.22 bits per heavy atom. The SMILES string of the molecule is CC1CCCN(c2nc(Br)cn3ccnc23)CC1. The highest BCUT2D eigenvalue weighted by Crippen LogP contribution is 2.25. The van der Waals surface area contributed by atoms with E-state index in [1.165, 1.54) is 19.3 Å². The van der Waals surface area contributed by atoms with E-state index in [-0.39, 0.29) is 0 Å². The van der Waals surface area contributed by atoms with Crippen LogP contribution in [0.2, 0.25) is 0 Å². The predicted molar refractivity (Wildman–Crippen MR) is 75.9 cm³/mol. The molecule has 5 heteroatoms. The van der Waals surface area contributed by atoms with Gasteiger partial charge in [-0.15, -0.1) is 0 Å². The van der Waals surface area contributed by atoms with E-state index in [2.05, 4.69) is 37.7 Å². The highest BCUT2D eigenvalue weighted by atomic mass is 79.9. The van der Waals surface area contributed by atoms with Crippen molar-refractivity contribution in [3.63, 3.8) is 0 Å². The van der Waals surface area contributed by atoms with Crippen LogP contribution in [0.3, 0.4) is 0 Å². The summed E-state index contributed by atoms with van der Waals surface area (Å²) < 4.78 is 2.89.